The van der Waals surface area contributed by atoms with Crippen LogP contribution >= 0.6 is 11.8 Å². The SMILES string of the molecule is COc1cccc(-n2c(SCC(=O)Nc3c(F)cccc3F)nc3ccccc3c2=O)c1. The second-order valence-electron chi connectivity index (χ2n) is 6.69. The Bertz CT molecular complexity index is 1350. The highest BCUT2D eigenvalue weighted by atomic mass is 32.2. The lowest BCUT2D eigenvalue weighted by molar-refractivity contribution is -0.113. The number of amides is 1. The number of fused-ring (bicyclic) bond motifs is 1. The maximum Gasteiger partial charge on any atom is 0.266 e. The van der Waals surface area contributed by atoms with Crippen LogP contribution in [-0.4, -0.2) is 28.3 Å². The molecule has 0 saturated heterocycles. The minimum atomic E-state index is -0.875. The van der Waals surface area contributed by atoms with Crippen molar-refractivity contribution in [2.24, 2.45) is 0 Å². The van der Waals surface area contributed by atoms with Crippen LogP contribution in [0.25, 0.3) is 16.6 Å². The van der Waals surface area contributed by atoms with Gasteiger partial charge in [-0.15, -0.1) is 0 Å². The fourth-order valence-corrected chi connectivity index (χ4v) is 3.92. The molecule has 3 aromatic carbocycles. The normalized spacial score (nSPS) is 10.8. The predicted molar refractivity (Wildman–Crippen MR) is 120 cm³/mol. The Morgan fingerprint density at radius 3 is 2.53 bits per heavy atom. The molecule has 9 heteroatoms. The number of aromatic nitrogens is 2. The van der Waals surface area contributed by atoms with E-state index in [0.29, 0.717) is 22.3 Å². The van der Waals surface area contributed by atoms with Crippen LogP contribution in [0.3, 0.4) is 0 Å². The molecule has 0 bridgehead atoms. The molecule has 162 valence electrons. The van der Waals surface area contributed by atoms with Gasteiger partial charge >= 0.3 is 0 Å². The average molecular weight is 453 g/mol. The zero-order valence-corrected chi connectivity index (χ0v) is 17.7. The number of halogens is 2. The van der Waals surface area contributed by atoms with Crippen LogP contribution in [0.4, 0.5) is 14.5 Å². The topological polar surface area (TPSA) is 73.2 Å². The molecule has 0 saturated carbocycles. The number of benzene rings is 3. The molecular weight excluding hydrogens is 436 g/mol. The fraction of sp³-hybridized carbons (Fsp3) is 0.0870. The third kappa shape index (κ3) is 4.33. The van der Waals surface area contributed by atoms with Crippen molar-refractivity contribution in [3.63, 3.8) is 0 Å². The summed E-state index contributed by atoms with van der Waals surface area (Å²) in [6.07, 6.45) is 0. The first-order chi connectivity index (χ1) is 15.5. The average Bonchev–Trinajstić information content (AvgIpc) is 2.80. The Morgan fingerprint density at radius 1 is 1.06 bits per heavy atom. The number of ether oxygens (including phenoxy) is 1. The Morgan fingerprint density at radius 2 is 1.78 bits per heavy atom. The van der Waals surface area contributed by atoms with Crippen molar-refractivity contribution >= 4 is 34.3 Å². The quantitative estimate of drug-likeness (QED) is 0.346. The summed E-state index contributed by atoms with van der Waals surface area (Å²) in [6, 6.07) is 17.1. The summed E-state index contributed by atoms with van der Waals surface area (Å²) >= 11 is 0.978. The van der Waals surface area contributed by atoms with Crippen LogP contribution in [-0.2, 0) is 4.79 Å². The summed E-state index contributed by atoms with van der Waals surface area (Å²) in [5.74, 6) is -2.06. The lowest BCUT2D eigenvalue weighted by Crippen LogP contribution is -2.23. The number of nitrogens with zero attached hydrogens (tertiary/aromatic N) is 2. The number of anilines is 1. The Hall–Kier alpha value is -3.72. The maximum atomic E-state index is 13.8. The first-order valence-electron chi connectivity index (χ1n) is 9.51. The van der Waals surface area contributed by atoms with Gasteiger partial charge in [-0.3, -0.25) is 14.2 Å². The van der Waals surface area contributed by atoms with Crippen molar-refractivity contribution in [3.05, 3.63) is 88.7 Å². The number of thioether (sulfide) groups is 1. The van der Waals surface area contributed by atoms with Crippen LogP contribution in [0, 0.1) is 11.6 Å². The standard InChI is InChI=1S/C23H17F2N3O3S/c1-31-15-7-4-6-14(12-15)28-22(30)16-8-2-3-11-19(16)26-23(28)32-13-20(29)27-21-17(24)9-5-10-18(21)25/h2-12H,13H2,1H3,(H,27,29). The molecule has 0 aliphatic carbocycles. The lowest BCUT2D eigenvalue weighted by atomic mass is 10.2. The fourth-order valence-electron chi connectivity index (χ4n) is 3.11. The van der Waals surface area contributed by atoms with Gasteiger partial charge in [0.05, 0.1) is 29.5 Å². The van der Waals surface area contributed by atoms with Gasteiger partial charge in [0.1, 0.15) is 23.1 Å². The van der Waals surface area contributed by atoms with E-state index < -0.39 is 23.2 Å². The second-order valence-corrected chi connectivity index (χ2v) is 7.63. The molecule has 0 atom stereocenters. The second kappa shape index (κ2) is 9.19. The first kappa shape index (κ1) is 21.5. The number of rotatable bonds is 6. The number of hydrogen-bond acceptors (Lipinski definition) is 5. The Kier molecular flexibility index (Phi) is 6.18. The molecule has 4 aromatic rings. The number of carbonyl (C=O) groups excluding carboxylic acids is 1. The summed E-state index contributed by atoms with van der Waals surface area (Å²) < 4.78 is 34.3. The van der Waals surface area contributed by atoms with E-state index in [9.17, 15) is 18.4 Å². The molecule has 1 heterocycles. The highest BCUT2D eigenvalue weighted by Gasteiger charge is 2.17. The van der Waals surface area contributed by atoms with Crippen molar-refractivity contribution in [1.29, 1.82) is 0 Å². The predicted octanol–water partition coefficient (Wildman–Crippen LogP) is 4.40. The zero-order valence-electron chi connectivity index (χ0n) is 16.8. The molecule has 1 N–H and O–H groups in total. The number of hydrogen-bond donors (Lipinski definition) is 1. The third-order valence-electron chi connectivity index (χ3n) is 4.62. The molecule has 0 radical (unpaired) electrons. The van der Waals surface area contributed by atoms with Gasteiger partial charge in [0.2, 0.25) is 5.91 Å². The highest BCUT2D eigenvalue weighted by Crippen LogP contribution is 2.24. The van der Waals surface area contributed by atoms with Crippen LogP contribution in [0.15, 0.2) is 76.7 Å². The molecular formula is C23H17F2N3O3S. The van der Waals surface area contributed by atoms with E-state index in [4.69, 9.17) is 4.74 Å². The van der Waals surface area contributed by atoms with Crippen molar-refractivity contribution in [1.82, 2.24) is 9.55 Å². The van der Waals surface area contributed by atoms with E-state index >= 15 is 0 Å². The monoisotopic (exact) mass is 453 g/mol. The van der Waals surface area contributed by atoms with Gasteiger partial charge < -0.3 is 10.1 Å². The molecule has 6 nitrogen and oxygen atoms in total. The molecule has 4 rings (SSSR count). The van der Waals surface area contributed by atoms with Gasteiger partial charge in [-0.05, 0) is 36.4 Å². The number of carbonyl (C=O) groups is 1. The third-order valence-corrected chi connectivity index (χ3v) is 5.55. The minimum Gasteiger partial charge on any atom is -0.497 e. The first-order valence-corrected chi connectivity index (χ1v) is 10.5. The van der Waals surface area contributed by atoms with Gasteiger partial charge in [0.25, 0.3) is 5.56 Å². The molecule has 0 unspecified atom stereocenters. The summed E-state index contributed by atoms with van der Waals surface area (Å²) in [7, 11) is 1.52. The molecule has 0 aliphatic rings. The summed E-state index contributed by atoms with van der Waals surface area (Å²) in [5.41, 5.74) is 0.150. The van der Waals surface area contributed by atoms with E-state index in [2.05, 4.69) is 10.3 Å². The van der Waals surface area contributed by atoms with E-state index in [1.165, 1.54) is 17.7 Å². The van der Waals surface area contributed by atoms with Gasteiger partial charge in [0.15, 0.2) is 5.16 Å². The minimum absolute atomic E-state index is 0.220. The van der Waals surface area contributed by atoms with Gasteiger partial charge in [-0.1, -0.05) is 36.0 Å². The van der Waals surface area contributed by atoms with Crippen molar-refractivity contribution in [2.75, 3.05) is 18.2 Å². The molecule has 32 heavy (non-hydrogen) atoms. The molecule has 1 amide bonds. The summed E-state index contributed by atoms with van der Waals surface area (Å²) in [4.78, 5) is 30.2. The van der Waals surface area contributed by atoms with Crippen LogP contribution in [0.2, 0.25) is 0 Å². The van der Waals surface area contributed by atoms with E-state index in [0.717, 1.165) is 23.9 Å². The van der Waals surface area contributed by atoms with Crippen molar-refractivity contribution in [3.8, 4) is 11.4 Å². The van der Waals surface area contributed by atoms with Crippen molar-refractivity contribution < 1.29 is 18.3 Å². The number of para-hydroxylation sites is 2. The van der Waals surface area contributed by atoms with E-state index in [1.54, 1.807) is 48.5 Å². The molecule has 0 spiro atoms. The van der Waals surface area contributed by atoms with Crippen LogP contribution < -0.4 is 15.6 Å². The van der Waals surface area contributed by atoms with Gasteiger partial charge in [-0.25, -0.2) is 13.8 Å². The number of nitrogens with one attached hydrogen (secondary N) is 1. The number of methoxy groups -OCH3 is 1. The Labute approximate surface area is 185 Å². The highest BCUT2D eigenvalue weighted by molar-refractivity contribution is 7.99. The molecule has 1 aromatic heterocycles. The van der Waals surface area contributed by atoms with E-state index in [-0.39, 0.29) is 16.5 Å². The largest absolute Gasteiger partial charge is 0.497 e. The molecule has 0 fully saturated rings. The zero-order chi connectivity index (χ0) is 22.7. The maximum absolute atomic E-state index is 13.8. The van der Waals surface area contributed by atoms with E-state index in [1.807, 2.05) is 0 Å². The van der Waals surface area contributed by atoms with Gasteiger partial charge in [0, 0.05) is 6.07 Å². The van der Waals surface area contributed by atoms with Crippen LogP contribution in [0.1, 0.15) is 0 Å². The smallest absolute Gasteiger partial charge is 0.266 e. The Balaban J connectivity index is 1.70. The van der Waals surface area contributed by atoms with Crippen LogP contribution in [0.5, 0.6) is 5.75 Å². The molecule has 0 aliphatic heterocycles. The van der Waals surface area contributed by atoms with Gasteiger partial charge in [-0.2, -0.15) is 0 Å². The van der Waals surface area contributed by atoms with Crippen molar-refractivity contribution in [2.45, 2.75) is 5.16 Å². The lowest BCUT2D eigenvalue weighted by Gasteiger charge is -2.14. The summed E-state index contributed by atoms with van der Waals surface area (Å²) in [6.45, 7) is 0. The summed E-state index contributed by atoms with van der Waals surface area (Å²) in [5, 5.41) is 2.90.